The molecule has 0 bridgehead atoms. The summed E-state index contributed by atoms with van der Waals surface area (Å²) in [7, 11) is 0. The number of aryl methyl sites for hydroxylation is 1. The molecule has 0 saturated carbocycles. The van der Waals surface area contributed by atoms with E-state index < -0.39 is 11.9 Å². The highest BCUT2D eigenvalue weighted by molar-refractivity contribution is 7.99. The number of hydrogen-bond acceptors (Lipinski definition) is 10. The molecule has 9 nitrogen and oxygen atoms in total. The van der Waals surface area contributed by atoms with E-state index in [4.69, 9.17) is 9.47 Å². The van der Waals surface area contributed by atoms with Crippen molar-refractivity contribution in [3.63, 3.8) is 0 Å². The lowest BCUT2D eigenvalue weighted by Crippen LogP contribution is -2.17. The average Bonchev–Trinajstić information content (AvgIpc) is 3.62. The van der Waals surface area contributed by atoms with Gasteiger partial charge in [0.25, 0.3) is 0 Å². The van der Waals surface area contributed by atoms with Gasteiger partial charge < -0.3 is 19.4 Å². The summed E-state index contributed by atoms with van der Waals surface area (Å²) in [5.74, 6) is -0.736. The first-order chi connectivity index (χ1) is 19.3. The van der Waals surface area contributed by atoms with Gasteiger partial charge in [0.2, 0.25) is 5.91 Å². The molecule has 0 unspecified atom stereocenters. The van der Waals surface area contributed by atoms with Crippen LogP contribution in [0.3, 0.4) is 0 Å². The largest absolute Gasteiger partial charge is 0.462 e. The molecular weight excluding hydrogens is 569 g/mol. The number of carbonyl (C=O) groups is 3. The second-order valence-corrected chi connectivity index (χ2v) is 11.6. The number of anilines is 1. The van der Waals surface area contributed by atoms with Crippen LogP contribution in [-0.2, 0) is 20.8 Å². The van der Waals surface area contributed by atoms with E-state index in [9.17, 15) is 14.4 Å². The topological polar surface area (TPSA) is 112 Å². The molecule has 4 aromatic rings. The number of ether oxygens (including phenoxy) is 2. The number of carbonyl (C=O) groups excluding carboxylic acids is 3. The fourth-order valence-electron chi connectivity index (χ4n) is 4.20. The van der Waals surface area contributed by atoms with Crippen molar-refractivity contribution >= 4 is 57.3 Å². The minimum absolute atomic E-state index is 0.0281. The van der Waals surface area contributed by atoms with Crippen molar-refractivity contribution < 1.29 is 23.9 Å². The van der Waals surface area contributed by atoms with Crippen molar-refractivity contribution in [3.8, 4) is 22.5 Å². The monoisotopic (exact) mass is 598 g/mol. The average molecular weight is 599 g/mol. The van der Waals surface area contributed by atoms with Crippen LogP contribution in [0, 0.1) is 13.8 Å². The van der Waals surface area contributed by atoms with E-state index in [1.807, 2.05) is 29.7 Å². The maximum absolute atomic E-state index is 13.0. The summed E-state index contributed by atoms with van der Waals surface area (Å²) in [6.07, 6.45) is 0. The van der Waals surface area contributed by atoms with Gasteiger partial charge in [-0.15, -0.1) is 32.9 Å². The molecule has 0 aliphatic rings. The molecule has 0 fully saturated rings. The Morgan fingerprint density at radius 2 is 1.70 bits per heavy atom. The van der Waals surface area contributed by atoms with Crippen LogP contribution in [0.5, 0.6) is 0 Å². The Morgan fingerprint density at radius 1 is 1.00 bits per heavy atom. The van der Waals surface area contributed by atoms with Crippen molar-refractivity contribution in [2.75, 3.05) is 24.3 Å². The van der Waals surface area contributed by atoms with Gasteiger partial charge in [-0.05, 0) is 45.7 Å². The molecule has 0 atom stereocenters. The molecule has 210 valence electrons. The van der Waals surface area contributed by atoms with Gasteiger partial charge in [0.15, 0.2) is 11.0 Å². The highest BCUT2D eigenvalue weighted by atomic mass is 32.2. The molecule has 0 spiro atoms. The third-order valence-corrected chi connectivity index (χ3v) is 9.05. The van der Waals surface area contributed by atoms with Gasteiger partial charge in [-0.1, -0.05) is 42.1 Å². The van der Waals surface area contributed by atoms with Crippen molar-refractivity contribution in [3.05, 3.63) is 56.6 Å². The van der Waals surface area contributed by atoms with Gasteiger partial charge >= 0.3 is 11.9 Å². The van der Waals surface area contributed by atoms with Crippen LogP contribution in [0.15, 0.2) is 40.9 Å². The first-order valence-electron chi connectivity index (χ1n) is 12.8. The number of aromatic nitrogens is 3. The van der Waals surface area contributed by atoms with Crippen LogP contribution in [0.2, 0.25) is 0 Å². The zero-order valence-electron chi connectivity index (χ0n) is 22.9. The van der Waals surface area contributed by atoms with Crippen LogP contribution in [-0.4, -0.2) is 51.6 Å². The van der Waals surface area contributed by atoms with E-state index >= 15 is 0 Å². The van der Waals surface area contributed by atoms with E-state index in [1.165, 1.54) is 16.6 Å². The molecule has 12 heteroatoms. The lowest BCUT2D eigenvalue weighted by atomic mass is 10.0. The van der Waals surface area contributed by atoms with Crippen molar-refractivity contribution in [2.45, 2.75) is 46.3 Å². The summed E-state index contributed by atoms with van der Waals surface area (Å²) in [5.41, 5.74) is 3.81. The normalized spacial score (nSPS) is 10.9. The lowest BCUT2D eigenvalue weighted by Gasteiger charge is -2.10. The first kappa shape index (κ1) is 29.5. The second kappa shape index (κ2) is 13.2. The fourth-order valence-corrected chi connectivity index (χ4v) is 6.97. The number of nitrogens with zero attached hydrogens (tertiary/aromatic N) is 3. The van der Waals surface area contributed by atoms with Gasteiger partial charge in [-0.2, -0.15) is 0 Å². The summed E-state index contributed by atoms with van der Waals surface area (Å²) in [4.78, 5) is 39.5. The molecule has 3 aromatic heterocycles. The molecular formula is C28H30N4O5S3. The summed E-state index contributed by atoms with van der Waals surface area (Å²) < 4.78 is 12.3. The van der Waals surface area contributed by atoms with Crippen LogP contribution in [0.1, 0.15) is 51.2 Å². The first-order valence-corrected chi connectivity index (χ1v) is 15.5. The van der Waals surface area contributed by atoms with Gasteiger partial charge in [-0.25, -0.2) is 9.59 Å². The van der Waals surface area contributed by atoms with Crippen molar-refractivity contribution in [1.29, 1.82) is 0 Å². The molecule has 4 rings (SSSR count). The number of esters is 2. The minimum atomic E-state index is -0.606. The zero-order valence-corrected chi connectivity index (χ0v) is 25.3. The third kappa shape index (κ3) is 6.13. The number of benzene rings is 1. The summed E-state index contributed by atoms with van der Waals surface area (Å²) in [6.45, 7) is 10.1. The summed E-state index contributed by atoms with van der Waals surface area (Å²) >= 11 is 3.91. The molecule has 1 amide bonds. The van der Waals surface area contributed by atoms with Crippen LogP contribution in [0.4, 0.5) is 5.00 Å². The molecule has 0 saturated heterocycles. The Balaban J connectivity index is 1.55. The van der Waals surface area contributed by atoms with Gasteiger partial charge in [0.05, 0.1) is 24.5 Å². The summed E-state index contributed by atoms with van der Waals surface area (Å²) in [5, 5.41) is 14.6. The predicted octanol–water partition coefficient (Wildman–Crippen LogP) is 6.46. The molecule has 1 aromatic carbocycles. The lowest BCUT2D eigenvalue weighted by molar-refractivity contribution is -0.113. The molecule has 0 aliphatic carbocycles. The molecule has 0 aliphatic heterocycles. The minimum Gasteiger partial charge on any atom is -0.462 e. The van der Waals surface area contributed by atoms with E-state index in [1.54, 1.807) is 32.1 Å². The van der Waals surface area contributed by atoms with Gasteiger partial charge in [0.1, 0.15) is 9.88 Å². The maximum Gasteiger partial charge on any atom is 0.348 e. The van der Waals surface area contributed by atoms with Crippen LogP contribution >= 0.6 is 34.4 Å². The quantitative estimate of drug-likeness (QED) is 0.155. The Morgan fingerprint density at radius 3 is 2.38 bits per heavy atom. The number of hydrogen-bond donors (Lipinski definition) is 1. The smallest absolute Gasteiger partial charge is 0.348 e. The predicted molar refractivity (Wildman–Crippen MR) is 160 cm³/mol. The highest BCUT2D eigenvalue weighted by Crippen LogP contribution is 2.39. The number of thiophene rings is 2. The fraction of sp³-hybridized carbons (Fsp3) is 0.321. The van der Waals surface area contributed by atoms with Gasteiger partial charge in [-0.3, -0.25) is 4.79 Å². The Kier molecular flexibility index (Phi) is 9.77. The van der Waals surface area contributed by atoms with Gasteiger partial charge in [0, 0.05) is 27.9 Å². The second-order valence-electron chi connectivity index (χ2n) is 8.54. The third-order valence-electron chi connectivity index (χ3n) is 5.98. The number of amides is 1. The molecule has 40 heavy (non-hydrogen) atoms. The number of thioether (sulfide) groups is 1. The van der Waals surface area contributed by atoms with Crippen LogP contribution in [0.25, 0.3) is 22.5 Å². The maximum atomic E-state index is 13.0. The molecule has 3 heterocycles. The number of nitrogens with one attached hydrogen (secondary N) is 1. The van der Waals surface area contributed by atoms with Crippen molar-refractivity contribution in [1.82, 2.24) is 14.8 Å². The SMILES string of the molecule is CCOC(=O)c1sc(NC(=O)CSc2nnc(-c3csc(C)c3-c3ccccc3)n2CC)c(C(=O)OCC)c1C. The van der Waals surface area contributed by atoms with E-state index in [-0.39, 0.29) is 40.3 Å². The Bertz CT molecular complexity index is 1520. The molecule has 1 N–H and O–H groups in total. The number of rotatable bonds is 11. The summed E-state index contributed by atoms with van der Waals surface area (Å²) in [6, 6.07) is 10.2. The van der Waals surface area contributed by atoms with E-state index in [0.717, 1.165) is 33.9 Å². The Labute approximate surface area is 244 Å². The highest BCUT2D eigenvalue weighted by Gasteiger charge is 2.27. The van der Waals surface area contributed by atoms with Crippen molar-refractivity contribution in [2.24, 2.45) is 0 Å². The Hall–Kier alpha value is -3.48. The van der Waals surface area contributed by atoms with E-state index in [0.29, 0.717) is 17.3 Å². The standard InChI is InChI=1S/C28H30N4O5S3/c1-6-32-24(19-14-38-17(5)22(19)18-12-10-9-11-13-18)30-31-28(32)39-15-20(33)29-25-21(26(34)36-7-2)16(4)23(40-25)27(35)37-8-3/h9-14H,6-8,15H2,1-5H3,(H,29,33). The van der Waals surface area contributed by atoms with Crippen LogP contribution < -0.4 is 5.32 Å². The zero-order chi connectivity index (χ0) is 28.8. The molecule has 0 radical (unpaired) electrons. The van der Waals surface area contributed by atoms with E-state index in [2.05, 4.69) is 40.0 Å².